The summed E-state index contributed by atoms with van der Waals surface area (Å²) in [7, 11) is 0. The summed E-state index contributed by atoms with van der Waals surface area (Å²) in [5.74, 6) is -0.590. The van der Waals surface area contributed by atoms with Gasteiger partial charge >= 0.3 is 5.97 Å². The van der Waals surface area contributed by atoms with Crippen LogP contribution in [-0.4, -0.2) is 67.9 Å². The van der Waals surface area contributed by atoms with Gasteiger partial charge in [-0.25, -0.2) is 4.79 Å². The molecule has 10 nitrogen and oxygen atoms in total. The molecule has 1 N–H and O–H groups in total. The Morgan fingerprint density at radius 3 is 1.56 bits per heavy atom. The molecule has 4 aromatic carbocycles. The van der Waals surface area contributed by atoms with E-state index >= 15 is 0 Å². The maximum atomic E-state index is 14.1. The van der Waals surface area contributed by atoms with Crippen LogP contribution in [0.4, 0.5) is 0 Å². The number of hydrogen-bond donors (Lipinski definition) is 1. The molecule has 1 amide bonds. The fraction of sp³-hybridized carbons (Fsp3) is 0.588. The molecule has 4 aromatic rings. The first-order chi connectivity index (χ1) is 38.5. The zero-order valence-corrected chi connectivity index (χ0v) is 47.7. The van der Waals surface area contributed by atoms with Gasteiger partial charge in [0.2, 0.25) is 5.91 Å². The number of amides is 1. The first kappa shape index (κ1) is 62.5. The molecule has 0 saturated carbocycles. The highest BCUT2D eigenvalue weighted by molar-refractivity contribution is 5.89. The largest absolute Gasteiger partial charge is 0.452 e. The minimum atomic E-state index is -0.984. The summed E-state index contributed by atoms with van der Waals surface area (Å²) in [5, 5.41) is 3.30. The zero-order chi connectivity index (χ0) is 54.5. The SMILES string of the molecule is CCCCCCCCCCCCC/C=C/[C@@H](OC(=O)c1ccccc1)[C@H](CO[C@H]1O[C@@H]2COC(c3ccccc3)O[C@@H]2[C@H](OCc2ccccc2)[C@H]1OCc1ccccc1)NC(=O)CCCCCCCCCCCCCCC. The third-order valence-corrected chi connectivity index (χ3v) is 15.2. The first-order valence-corrected chi connectivity index (χ1v) is 30.6. The summed E-state index contributed by atoms with van der Waals surface area (Å²) in [6, 6.07) is 38.2. The number of fused-ring (bicyclic) bond motifs is 1. The predicted octanol–water partition coefficient (Wildman–Crippen LogP) is 16.5. The summed E-state index contributed by atoms with van der Waals surface area (Å²) >= 11 is 0. The molecule has 0 aliphatic carbocycles. The van der Waals surface area contributed by atoms with Crippen molar-refractivity contribution in [3.63, 3.8) is 0 Å². The Hall–Kier alpha value is -4.68. The lowest BCUT2D eigenvalue weighted by Crippen LogP contribution is -2.64. The second kappa shape index (κ2) is 38.8. The molecule has 0 radical (unpaired) electrons. The van der Waals surface area contributed by atoms with E-state index in [-0.39, 0.29) is 25.7 Å². The van der Waals surface area contributed by atoms with Crippen molar-refractivity contribution in [2.75, 3.05) is 13.2 Å². The lowest BCUT2D eigenvalue weighted by molar-refractivity contribution is -0.373. The van der Waals surface area contributed by atoms with Crippen molar-refractivity contribution in [1.29, 1.82) is 0 Å². The quantitative estimate of drug-likeness (QED) is 0.0264. The van der Waals surface area contributed by atoms with E-state index in [4.69, 9.17) is 33.2 Å². The molecule has 10 heteroatoms. The summed E-state index contributed by atoms with van der Waals surface area (Å²) in [6.07, 6.45) is 30.0. The molecule has 0 spiro atoms. The predicted molar refractivity (Wildman–Crippen MR) is 313 cm³/mol. The Bertz CT molecular complexity index is 2160. The van der Waals surface area contributed by atoms with E-state index in [2.05, 4.69) is 25.2 Å². The van der Waals surface area contributed by atoms with Crippen molar-refractivity contribution in [2.45, 2.75) is 243 Å². The van der Waals surface area contributed by atoms with Gasteiger partial charge in [-0.1, -0.05) is 270 Å². The van der Waals surface area contributed by atoms with Crippen LogP contribution in [0.15, 0.2) is 133 Å². The molecule has 2 aliphatic heterocycles. The Morgan fingerprint density at radius 1 is 0.551 bits per heavy atom. The first-order valence-electron chi connectivity index (χ1n) is 30.6. The molecule has 6 rings (SSSR count). The number of hydrogen-bond acceptors (Lipinski definition) is 9. The maximum absolute atomic E-state index is 14.1. The van der Waals surface area contributed by atoms with Crippen LogP contribution < -0.4 is 5.32 Å². The number of esters is 1. The van der Waals surface area contributed by atoms with Crippen molar-refractivity contribution in [3.05, 3.63) is 156 Å². The van der Waals surface area contributed by atoms with Gasteiger partial charge < -0.3 is 38.5 Å². The molecule has 0 aromatic heterocycles. The maximum Gasteiger partial charge on any atom is 0.338 e. The Kier molecular flexibility index (Phi) is 31.1. The van der Waals surface area contributed by atoms with Crippen LogP contribution in [-0.2, 0) is 51.2 Å². The van der Waals surface area contributed by atoms with Gasteiger partial charge in [0.15, 0.2) is 12.6 Å². The number of benzene rings is 4. The standard InChI is InChI=1S/C68H97NO9/c1-3-5-7-9-11-13-15-17-19-21-23-25-39-49-60(76-66(71)57-45-35-29-36-46-57)59(69-62(70)50-40-26-24-22-20-18-16-14-12-10-8-6-4-2)53-74-68-65(73-52-56-43-33-28-34-44-56)64(72-51-55-41-31-27-32-42-55)63-61(77-68)54-75-67(78-63)58-47-37-30-38-48-58/h27-39,41-49,59-61,63-65,67-68H,3-26,40,50-54H2,1-2H3,(H,69,70)/b49-39+/t59-,60+,61+,63-,64-,65+,67?,68-/m0/s1. The monoisotopic (exact) mass is 1070 g/mol. The second-order valence-electron chi connectivity index (χ2n) is 21.7. The molecule has 0 bridgehead atoms. The van der Waals surface area contributed by atoms with Crippen LogP contribution in [0.1, 0.15) is 214 Å². The number of ether oxygens (including phenoxy) is 7. The minimum absolute atomic E-state index is 0.0487. The Labute approximate surface area is 470 Å². The Balaban J connectivity index is 1.18. The van der Waals surface area contributed by atoms with Crippen LogP contribution in [0.2, 0.25) is 0 Å². The van der Waals surface area contributed by atoms with E-state index in [1.807, 2.05) is 115 Å². The van der Waals surface area contributed by atoms with Crippen LogP contribution in [0.25, 0.3) is 0 Å². The number of unbranched alkanes of at least 4 members (excludes halogenated alkanes) is 23. The molecule has 2 heterocycles. The van der Waals surface area contributed by atoms with E-state index in [1.54, 1.807) is 12.1 Å². The van der Waals surface area contributed by atoms with Crippen molar-refractivity contribution >= 4 is 11.9 Å². The third kappa shape index (κ3) is 24.0. The number of allylic oxidation sites excluding steroid dienone is 1. The second-order valence-corrected chi connectivity index (χ2v) is 21.7. The number of nitrogens with one attached hydrogen (secondary N) is 1. The molecule has 8 atom stereocenters. The van der Waals surface area contributed by atoms with Crippen LogP contribution in [0.3, 0.4) is 0 Å². The van der Waals surface area contributed by atoms with Gasteiger partial charge in [-0.15, -0.1) is 0 Å². The lowest BCUT2D eigenvalue weighted by atomic mass is 9.97. The molecular formula is C68H97NO9. The smallest absolute Gasteiger partial charge is 0.338 e. The fourth-order valence-electron chi connectivity index (χ4n) is 10.5. The normalized spacial score (nSPS) is 20.0. The zero-order valence-electron chi connectivity index (χ0n) is 47.7. The van der Waals surface area contributed by atoms with Gasteiger partial charge in [-0.3, -0.25) is 4.79 Å². The van der Waals surface area contributed by atoms with Crippen molar-refractivity contribution in [2.24, 2.45) is 0 Å². The molecule has 1 unspecified atom stereocenters. The number of rotatable bonds is 41. The van der Waals surface area contributed by atoms with Crippen molar-refractivity contribution < 1.29 is 42.7 Å². The highest BCUT2D eigenvalue weighted by Gasteiger charge is 2.52. The van der Waals surface area contributed by atoms with Gasteiger partial charge in [0, 0.05) is 12.0 Å². The van der Waals surface area contributed by atoms with Gasteiger partial charge in [0.1, 0.15) is 30.5 Å². The van der Waals surface area contributed by atoms with Gasteiger partial charge in [0.05, 0.1) is 38.0 Å². The van der Waals surface area contributed by atoms with Crippen LogP contribution in [0.5, 0.6) is 0 Å². The van der Waals surface area contributed by atoms with E-state index in [0.717, 1.165) is 55.2 Å². The fourth-order valence-corrected chi connectivity index (χ4v) is 10.5. The minimum Gasteiger partial charge on any atom is -0.452 e. The molecule has 78 heavy (non-hydrogen) atoms. The summed E-state index contributed by atoms with van der Waals surface area (Å²) in [5.41, 5.74) is 3.30. The number of carbonyl (C=O) groups excluding carboxylic acids is 2. The average molecular weight is 1070 g/mol. The molecule has 428 valence electrons. The summed E-state index contributed by atoms with van der Waals surface area (Å²) in [4.78, 5) is 28.1. The van der Waals surface area contributed by atoms with Crippen LogP contribution in [0, 0.1) is 0 Å². The topological polar surface area (TPSA) is 111 Å². The molecule has 2 fully saturated rings. The summed E-state index contributed by atoms with van der Waals surface area (Å²) < 4.78 is 47.1. The lowest BCUT2D eigenvalue weighted by Gasteiger charge is -2.49. The highest BCUT2D eigenvalue weighted by atomic mass is 16.8. The van der Waals surface area contributed by atoms with Gasteiger partial charge in [0.25, 0.3) is 0 Å². The third-order valence-electron chi connectivity index (χ3n) is 15.2. The van der Waals surface area contributed by atoms with E-state index in [0.29, 0.717) is 18.6 Å². The molecule has 2 aliphatic rings. The highest BCUT2D eigenvalue weighted by Crippen LogP contribution is 2.38. The van der Waals surface area contributed by atoms with Crippen LogP contribution >= 0.6 is 0 Å². The van der Waals surface area contributed by atoms with Crippen molar-refractivity contribution in [1.82, 2.24) is 5.32 Å². The van der Waals surface area contributed by atoms with E-state index < -0.39 is 55.1 Å². The number of carbonyl (C=O) groups is 2. The van der Waals surface area contributed by atoms with E-state index in [9.17, 15) is 9.59 Å². The van der Waals surface area contributed by atoms with Gasteiger partial charge in [-0.2, -0.15) is 0 Å². The van der Waals surface area contributed by atoms with E-state index in [1.165, 1.54) is 122 Å². The molecular weight excluding hydrogens is 975 g/mol. The molecule has 2 saturated heterocycles. The van der Waals surface area contributed by atoms with Gasteiger partial charge in [-0.05, 0) is 48.6 Å². The van der Waals surface area contributed by atoms with Crippen molar-refractivity contribution in [3.8, 4) is 0 Å². The average Bonchev–Trinajstić information content (AvgIpc) is 3.53. The summed E-state index contributed by atoms with van der Waals surface area (Å²) in [6.45, 7) is 5.26. The Morgan fingerprint density at radius 2 is 1.03 bits per heavy atom.